The number of aliphatic hydroxyl groups is 1. The van der Waals surface area contributed by atoms with Crippen molar-refractivity contribution < 1.29 is 9.84 Å². The van der Waals surface area contributed by atoms with E-state index in [1.807, 2.05) is 31.2 Å². The first-order valence-electron chi connectivity index (χ1n) is 7.26. The lowest BCUT2D eigenvalue weighted by Crippen LogP contribution is -2.42. The highest BCUT2D eigenvalue weighted by atomic mass is 16.5. The van der Waals surface area contributed by atoms with Crippen molar-refractivity contribution in [1.29, 1.82) is 0 Å². The van der Waals surface area contributed by atoms with Gasteiger partial charge >= 0.3 is 0 Å². The number of hydrogen-bond acceptors (Lipinski definition) is 3. The van der Waals surface area contributed by atoms with Gasteiger partial charge in [0, 0.05) is 12.6 Å². The van der Waals surface area contributed by atoms with Crippen molar-refractivity contribution >= 4 is 0 Å². The first-order chi connectivity index (χ1) is 9.15. The summed E-state index contributed by atoms with van der Waals surface area (Å²) in [6, 6.07) is 8.40. The number of hydrogen-bond donors (Lipinski definition) is 2. The molecule has 2 atom stereocenters. The Hall–Kier alpha value is -1.06. The maximum atomic E-state index is 9.90. The Labute approximate surface area is 116 Å². The van der Waals surface area contributed by atoms with Gasteiger partial charge in [-0.05, 0) is 44.7 Å². The van der Waals surface area contributed by atoms with E-state index in [1.165, 1.54) is 24.8 Å². The molecule has 0 spiro atoms. The summed E-state index contributed by atoms with van der Waals surface area (Å²) >= 11 is 0. The molecule has 1 saturated carbocycles. The Morgan fingerprint density at radius 2 is 2.00 bits per heavy atom. The zero-order valence-electron chi connectivity index (χ0n) is 11.9. The lowest BCUT2D eigenvalue weighted by molar-refractivity contribution is 0.0982. The van der Waals surface area contributed by atoms with Crippen LogP contribution in [-0.2, 0) is 0 Å². The summed E-state index contributed by atoms with van der Waals surface area (Å²) in [6.45, 7) is 5.19. The molecule has 0 saturated heterocycles. The fraction of sp³-hybridized carbons (Fsp3) is 0.625. The van der Waals surface area contributed by atoms with Crippen LogP contribution in [0.4, 0.5) is 0 Å². The zero-order valence-corrected chi connectivity index (χ0v) is 11.9. The van der Waals surface area contributed by atoms with E-state index in [4.69, 9.17) is 4.74 Å². The Balaban J connectivity index is 1.63. The molecule has 0 bridgehead atoms. The van der Waals surface area contributed by atoms with E-state index >= 15 is 0 Å². The average Bonchev–Trinajstić information content (AvgIpc) is 2.33. The highest BCUT2D eigenvalue weighted by Crippen LogP contribution is 2.29. The normalized spacial score (nSPS) is 18.7. The molecule has 2 N–H and O–H groups in total. The SMILES string of the molecule is Cc1ccc(OCC(O)CNC(C)C2CCC2)cc1. The van der Waals surface area contributed by atoms with E-state index in [9.17, 15) is 5.11 Å². The molecule has 0 amide bonds. The third kappa shape index (κ3) is 4.51. The molecule has 3 heteroatoms. The van der Waals surface area contributed by atoms with Crippen molar-refractivity contribution in [2.24, 2.45) is 5.92 Å². The molecule has 0 aliphatic heterocycles. The minimum Gasteiger partial charge on any atom is -0.491 e. The van der Waals surface area contributed by atoms with Crippen LogP contribution in [-0.4, -0.2) is 30.4 Å². The Morgan fingerprint density at radius 1 is 1.32 bits per heavy atom. The van der Waals surface area contributed by atoms with E-state index in [2.05, 4.69) is 12.2 Å². The van der Waals surface area contributed by atoms with Crippen molar-refractivity contribution in [1.82, 2.24) is 5.32 Å². The Morgan fingerprint density at radius 3 is 2.58 bits per heavy atom. The molecule has 2 unspecified atom stereocenters. The predicted molar refractivity (Wildman–Crippen MR) is 77.5 cm³/mol. The van der Waals surface area contributed by atoms with Crippen LogP contribution in [0.2, 0.25) is 0 Å². The van der Waals surface area contributed by atoms with Gasteiger partial charge in [0.15, 0.2) is 0 Å². The quantitative estimate of drug-likeness (QED) is 0.794. The number of aliphatic hydroxyl groups excluding tert-OH is 1. The lowest BCUT2D eigenvalue weighted by atomic mass is 9.80. The minimum absolute atomic E-state index is 0.341. The highest BCUT2D eigenvalue weighted by Gasteiger charge is 2.23. The Bertz CT molecular complexity index is 373. The van der Waals surface area contributed by atoms with Crippen molar-refractivity contribution in [3.8, 4) is 5.75 Å². The molecule has 0 aromatic heterocycles. The molecular weight excluding hydrogens is 238 g/mol. The number of aryl methyl sites for hydroxylation is 1. The molecule has 1 fully saturated rings. The third-order valence-electron chi connectivity index (χ3n) is 4.00. The van der Waals surface area contributed by atoms with Crippen molar-refractivity contribution in [2.75, 3.05) is 13.2 Å². The molecule has 1 aliphatic carbocycles. The second-order valence-corrected chi connectivity index (χ2v) is 5.67. The van der Waals surface area contributed by atoms with Crippen LogP contribution in [0.5, 0.6) is 5.75 Å². The second kappa shape index (κ2) is 6.92. The van der Waals surface area contributed by atoms with E-state index < -0.39 is 6.10 Å². The highest BCUT2D eigenvalue weighted by molar-refractivity contribution is 5.26. The molecule has 1 aromatic carbocycles. The summed E-state index contributed by atoms with van der Waals surface area (Å²) in [5.74, 6) is 1.61. The van der Waals surface area contributed by atoms with E-state index in [0.717, 1.165) is 11.7 Å². The molecule has 2 rings (SSSR count). The van der Waals surface area contributed by atoms with E-state index in [-0.39, 0.29) is 0 Å². The molecule has 106 valence electrons. The van der Waals surface area contributed by atoms with Gasteiger partial charge < -0.3 is 15.2 Å². The van der Waals surface area contributed by atoms with E-state index in [1.54, 1.807) is 0 Å². The van der Waals surface area contributed by atoms with Crippen LogP contribution < -0.4 is 10.1 Å². The first-order valence-corrected chi connectivity index (χ1v) is 7.26. The minimum atomic E-state index is -0.455. The van der Waals surface area contributed by atoms with E-state index in [0.29, 0.717) is 19.2 Å². The largest absolute Gasteiger partial charge is 0.491 e. The molecule has 19 heavy (non-hydrogen) atoms. The number of nitrogens with one attached hydrogen (secondary N) is 1. The van der Waals surface area contributed by atoms with Crippen LogP contribution >= 0.6 is 0 Å². The number of rotatable bonds is 7. The fourth-order valence-electron chi connectivity index (χ4n) is 2.31. The van der Waals surface area contributed by atoms with Gasteiger partial charge in [-0.1, -0.05) is 24.1 Å². The van der Waals surface area contributed by atoms with Gasteiger partial charge in [0.2, 0.25) is 0 Å². The predicted octanol–water partition coefficient (Wildman–Crippen LogP) is 2.51. The average molecular weight is 263 g/mol. The number of ether oxygens (including phenoxy) is 1. The topological polar surface area (TPSA) is 41.5 Å². The van der Waals surface area contributed by atoms with Crippen LogP contribution in [0.1, 0.15) is 31.7 Å². The van der Waals surface area contributed by atoms with Gasteiger partial charge in [-0.2, -0.15) is 0 Å². The number of benzene rings is 1. The van der Waals surface area contributed by atoms with Crippen LogP contribution in [0.15, 0.2) is 24.3 Å². The monoisotopic (exact) mass is 263 g/mol. The van der Waals surface area contributed by atoms with Crippen molar-refractivity contribution in [3.05, 3.63) is 29.8 Å². The Kier molecular flexibility index (Phi) is 5.23. The third-order valence-corrected chi connectivity index (χ3v) is 4.00. The molecule has 0 heterocycles. The van der Waals surface area contributed by atoms with Gasteiger partial charge in [-0.15, -0.1) is 0 Å². The smallest absolute Gasteiger partial charge is 0.119 e. The van der Waals surface area contributed by atoms with Crippen LogP contribution in [0.3, 0.4) is 0 Å². The maximum absolute atomic E-state index is 9.90. The standard InChI is InChI=1S/C16H25NO2/c1-12-6-8-16(9-7-12)19-11-15(18)10-17-13(2)14-4-3-5-14/h6-9,13-15,17-18H,3-5,10-11H2,1-2H3. The lowest BCUT2D eigenvalue weighted by Gasteiger charge is -2.32. The first kappa shape index (κ1) is 14.4. The summed E-state index contributed by atoms with van der Waals surface area (Å²) in [4.78, 5) is 0. The molecular formula is C16H25NO2. The summed E-state index contributed by atoms with van der Waals surface area (Å²) in [5, 5.41) is 13.3. The van der Waals surface area contributed by atoms with Crippen molar-refractivity contribution in [3.63, 3.8) is 0 Å². The van der Waals surface area contributed by atoms with Crippen molar-refractivity contribution in [2.45, 2.75) is 45.3 Å². The van der Waals surface area contributed by atoms with Gasteiger partial charge in [0.25, 0.3) is 0 Å². The molecule has 0 radical (unpaired) electrons. The van der Waals surface area contributed by atoms with Gasteiger partial charge in [-0.25, -0.2) is 0 Å². The molecule has 3 nitrogen and oxygen atoms in total. The van der Waals surface area contributed by atoms with Gasteiger partial charge in [-0.3, -0.25) is 0 Å². The molecule has 1 aromatic rings. The maximum Gasteiger partial charge on any atom is 0.119 e. The fourth-order valence-corrected chi connectivity index (χ4v) is 2.31. The summed E-state index contributed by atoms with van der Waals surface area (Å²) in [5.41, 5.74) is 1.21. The summed E-state index contributed by atoms with van der Waals surface area (Å²) < 4.78 is 5.57. The summed E-state index contributed by atoms with van der Waals surface area (Å²) in [6.07, 6.45) is 3.55. The second-order valence-electron chi connectivity index (χ2n) is 5.67. The van der Waals surface area contributed by atoms with Gasteiger partial charge in [0.05, 0.1) is 0 Å². The van der Waals surface area contributed by atoms with Crippen LogP contribution in [0.25, 0.3) is 0 Å². The molecule has 1 aliphatic rings. The van der Waals surface area contributed by atoms with Crippen LogP contribution in [0, 0.1) is 12.8 Å². The van der Waals surface area contributed by atoms with Gasteiger partial charge in [0.1, 0.15) is 18.5 Å². The summed E-state index contributed by atoms with van der Waals surface area (Å²) in [7, 11) is 0. The zero-order chi connectivity index (χ0) is 13.7.